The molecule has 33 heteroatoms. The molecule has 32 nitrogen and oxygen atoms in total. The van der Waals surface area contributed by atoms with Crippen molar-refractivity contribution in [3.8, 4) is 0 Å². The average molecular weight is 1790 g/mol. The van der Waals surface area contributed by atoms with Crippen LogP contribution in [0.4, 0.5) is 0 Å². The topological polar surface area (TPSA) is 374 Å². The molecule has 6 heterocycles. The standard InChI is InChI=1S/C95H110N2O30Si/c1-57(98)96-75-70(116-59(3)100)47-95(93(106)107,126-81(75)77(118-61(5)102)73(117-60(4)101)55-111-58(2)99)127-84-79(122-90-76(97-87(103)68-43-29-30-44-69(68)88(97)104)82-80(124-94(6,7)125-82)74(119-90)56-115-89(105)67-41-27-16-28-42-67)72(54-109-49-63-33-19-12-20-34-63)121-92(86(84)114-52-66-39-25-15-26-40-66)123-78-71(53-108-48-62-31-17-11-18-32-62)120-91(110-45-46-128(8,9)10)85(113-51-65-37-23-14-24-38-65)83(78)112-50-64-35-21-13-22-36-64/h11-44,70-86,90-92H,45-56H2,1-10H3,(H,96,98)(H,106,107)/t70-,71+,72+,73+,74+,75+,76+,77+,78+,79-,80-,81+,82+,83-,84-,85+,86+,90-,91+,92-,95-/m0/s1. The third kappa shape index (κ3) is 24.8. The number of esters is 5. The summed E-state index contributed by atoms with van der Waals surface area (Å²) in [6.07, 6.45) is -32.0. The number of nitrogens with one attached hydrogen (secondary N) is 1. The van der Waals surface area contributed by atoms with Crippen molar-refractivity contribution in [1.82, 2.24) is 10.2 Å². The van der Waals surface area contributed by atoms with Gasteiger partial charge in [-0.3, -0.25) is 38.5 Å². The van der Waals surface area contributed by atoms with Crippen LogP contribution in [-0.4, -0.2) is 239 Å². The highest BCUT2D eigenvalue weighted by molar-refractivity contribution is 6.76. The number of imide groups is 1. The summed E-state index contributed by atoms with van der Waals surface area (Å²) in [7, 11) is -1.86. The van der Waals surface area contributed by atoms with Gasteiger partial charge in [-0.1, -0.05) is 202 Å². The third-order valence-electron chi connectivity index (χ3n) is 22.2. The number of aliphatic carboxylic acids is 1. The van der Waals surface area contributed by atoms with Gasteiger partial charge in [0.1, 0.15) is 98.6 Å². The third-order valence-corrected chi connectivity index (χ3v) is 23.9. The number of hydrogen-bond acceptors (Lipinski definition) is 29. The maximum Gasteiger partial charge on any atom is 0.364 e. The minimum Gasteiger partial charge on any atom is -0.477 e. The molecule has 0 unspecified atom stereocenters. The highest BCUT2D eigenvalue weighted by Gasteiger charge is 2.66. The highest BCUT2D eigenvalue weighted by atomic mass is 28.3. The predicted octanol–water partition coefficient (Wildman–Crippen LogP) is 10.3. The van der Waals surface area contributed by atoms with Crippen LogP contribution in [0.1, 0.15) is 114 Å². The molecule has 3 amide bonds. The van der Waals surface area contributed by atoms with Gasteiger partial charge in [0.05, 0.1) is 75.4 Å². The molecule has 0 radical (unpaired) electrons. The summed E-state index contributed by atoms with van der Waals surface area (Å²) in [5.41, 5.74) is 3.53. The Bertz CT molecular complexity index is 4830. The molecule has 5 fully saturated rings. The zero-order valence-electron chi connectivity index (χ0n) is 72.9. The van der Waals surface area contributed by atoms with E-state index in [4.69, 9.17) is 94.7 Å². The molecule has 7 aromatic carbocycles. The first-order chi connectivity index (χ1) is 61.5. The average Bonchev–Trinajstić information content (AvgIpc) is 1.51. The first-order valence-corrected chi connectivity index (χ1v) is 46.3. The molecular weight excluding hydrogens is 1680 g/mol. The zero-order valence-corrected chi connectivity index (χ0v) is 73.9. The lowest BCUT2D eigenvalue weighted by Gasteiger charge is -2.54. The van der Waals surface area contributed by atoms with Crippen molar-refractivity contribution in [3.63, 3.8) is 0 Å². The number of ether oxygens (including phenoxy) is 20. The van der Waals surface area contributed by atoms with Crippen LogP contribution >= 0.6 is 0 Å². The first-order valence-electron chi connectivity index (χ1n) is 42.6. The highest BCUT2D eigenvalue weighted by Crippen LogP contribution is 2.47. The van der Waals surface area contributed by atoms with E-state index in [1.54, 1.807) is 111 Å². The van der Waals surface area contributed by atoms with Crippen molar-refractivity contribution in [1.29, 1.82) is 0 Å². The molecule has 6 aliphatic rings. The van der Waals surface area contributed by atoms with E-state index in [-0.39, 0.29) is 56.3 Å². The SMILES string of the molecule is CC(=O)N[C@H]1[C@H]([C@H](OC(C)=O)[C@@H](COC(C)=O)OC(C)=O)O[C@@](O[C@H]2[C@@H](O[C@@H]3O[C@H](COC(=O)c4ccccc4)[C@@H]4OC(C)(C)O[C@@H]4[C@H]3N3C(=O)c4ccccc4C3=O)[C@@H](COCc3ccccc3)O[C@@H](O[C@H]3[C@H](OCc4ccccc4)[C@@H](OCc4ccccc4)[C@H](OCC[Si](C)(C)C)O[C@@H]3COCc3ccccc3)[C@@H]2OCc2ccccc2)(C(=O)O)C[C@@H]1OC(C)=O. The van der Waals surface area contributed by atoms with E-state index in [1.807, 2.05) is 97.1 Å². The van der Waals surface area contributed by atoms with Crippen molar-refractivity contribution in [3.05, 3.63) is 251 Å². The molecule has 684 valence electrons. The van der Waals surface area contributed by atoms with Crippen LogP contribution < -0.4 is 5.32 Å². The van der Waals surface area contributed by atoms with E-state index < -0.39 is 229 Å². The van der Waals surface area contributed by atoms with Crippen LogP contribution in [0, 0.1) is 0 Å². The number of carboxylic acids is 1. The van der Waals surface area contributed by atoms with Crippen molar-refractivity contribution in [2.75, 3.05) is 33.0 Å². The van der Waals surface area contributed by atoms with Crippen molar-refractivity contribution >= 4 is 61.6 Å². The lowest BCUT2D eigenvalue weighted by atomic mass is 9.87. The summed E-state index contributed by atoms with van der Waals surface area (Å²) in [6.45, 7) is 12.1. The van der Waals surface area contributed by atoms with Crippen LogP contribution in [0.15, 0.2) is 206 Å². The van der Waals surface area contributed by atoms with Crippen LogP contribution in [0.25, 0.3) is 0 Å². The van der Waals surface area contributed by atoms with Gasteiger partial charge in [0.15, 0.2) is 36.9 Å². The number of carbonyl (C=O) groups excluding carboxylic acids is 8. The van der Waals surface area contributed by atoms with E-state index in [0.717, 1.165) is 56.2 Å². The molecule has 0 saturated carbocycles. The maximum absolute atomic E-state index is 15.8. The smallest absolute Gasteiger partial charge is 0.364 e. The second-order valence-electron chi connectivity index (χ2n) is 33.7. The van der Waals surface area contributed by atoms with E-state index >= 15 is 14.4 Å². The second-order valence-corrected chi connectivity index (χ2v) is 39.3. The summed E-state index contributed by atoms with van der Waals surface area (Å²) in [5, 5.41) is 15.4. The minimum atomic E-state index is -3.40. The molecule has 2 N–H and O–H groups in total. The monoisotopic (exact) mass is 1790 g/mol. The number of carbonyl (C=O) groups is 9. The molecule has 128 heavy (non-hydrogen) atoms. The Morgan fingerprint density at radius 2 is 0.938 bits per heavy atom. The molecule has 21 atom stereocenters. The summed E-state index contributed by atoms with van der Waals surface area (Å²) in [4.78, 5) is 130. The van der Waals surface area contributed by atoms with Crippen molar-refractivity contribution in [2.24, 2.45) is 0 Å². The second kappa shape index (κ2) is 43.8. The molecular formula is C95H110N2O30Si. The zero-order chi connectivity index (χ0) is 90.8. The quantitative estimate of drug-likeness (QED) is 0.0156. The first kappa shape index (κ1) is 95.2. The predicted molar refractivity (Wildman–Crippen MR) is 454 cm³/mol. The van der Waals surface area contributed by atoms with Crippen LogP contribution in [0.5, 0.6) is 0 Å². The fourth-order valence-electron chi connectivity index (χ4n) is 16.4. The summed E-state index contributed by atoms with van der Waals surface area (Å²) < 4.78 is 138. The van der Waals surface area contributed by atoms with E-state index in [9.17, 15) is 33.9 Å². The van der Waals surface area contributed by atoms with Gasteiger partial charge in [-0.05, 0) is 72.0 Å². The lowest BCUT2D eigenvalue weighted by Crippen LogP contribution is -2.73. The fraction of sp³-hybridized carbons (Fsp3) is 0.463. The van der Waals surface area contributed by atoms with Crippen LogP contribution in [0.2, 0.25) is 25.7 Å². The molecule has 13 rings (SSSR count). The number of rotatable bonds is 40. The van der Waals surface area contributed by atoms with Gasteiger partial charge >= 0.3 is 35.8 Å². The fourth-order valence-corrected chi connectivity index (χ4v) is 17.1. The van der Waals surface area contributed by atoms with Crippen LogP contribution in [0.3, 0.4) is 0 Å². The number of fused-ring (bicyclic) bond motifs is 2. The molecule has 5 saturated heterocycles. The van der Waals surface area contributed by atoms with Crippen molar-refractivity contribution in [2.45, 2.75) is 248 Å². The van der Waals surface area contributed by atoms with E-state index in [0.29, 0.717) is 17.2 Å². The Morgan fingerprint density at radius 3 is 1.42 bits per heavy atom. The van der Waals surface area contributed by atoms with Gasteiger partial charge in [0, 0.05) is 49.3 Å². The molecule has 0 aliphatic carbocycles. The Hall–Kier alpha value is -10.4. The van der Waals surface area contributed by atoms with Crippen LogP contribution in [-0.2, 0) is 157 Å². The van der Waals surface area contributed by atoms with Gasteiger partial charge < -0.3 is 105 Å². The molecule has 0 bridgehead atoms. The molecule has 0 spiro atoms. The molecule has 0 aromatic heterocycles. The number of hydrogen-bond donors (Lipinski definition) is 2. The summed E-state index contributed by atoms with van der Waals surface area (Å²) in [5.74, 6) is -14.4. The van der Waals surface area contributed by atoms with E-state index in [1.165, 1.54) is 12.1 Å². The van der Waals surface area contributed by atoms with E-state index in [2.05, 4.69) is 25.0 Å². The number of benzene rings is 7. The Kier molecular flexibility index (Phi) is 32.6. The number of carboxylic acid groups (broad SMARTS) is 1. The Labute approximate surface area is 742 Å². The largest absolute Gasteiger partial charge is 0.477 e. The maximum atomic E-state index is 15.8. The summed E-state index contributed by atoms with van der Waals surface area (Å²) >= 11 is 0. The number of amides is 3. The minimum absolute atomic E-state index is 0.0181. The van der Waals surface area contributed by atoms with Gasteiger partial charge in [0.25, 0.3) is 17.6 Å². The Morgan fingerprint density at radius 1 is 0.484 bits per heavy atom. The molecule has 6 aliphatic heterocycles. The summed E-state index contributed by atoms with van der Waals surface area (Å²) in [6, 6.07) is 57.2. The van der Waals surface area contributed by atoms with Gasteiger partial charge in [-0.25, -0.2) is 9.59 Å². The van der Waals surface area contributed by atoms with Gasteiger partial charge in [-0.2, -0.15) is 0 Å². The van der Waals surface area contributed by atoms with Gasteiger partial charge in [-0.15, -0.1) is 0 Å². The van der Waals surface area contributed by atoms with Crippen molar-refractivity contribution < 1.29 is 143 Å². The van der Waals surface area contributed by atoms with Gasteiger partial charge in [0.2, 0.25) is 5.91 Å². The Balaban J connectivity index is 1.05. The number of nitrogens with zero attached hydrogens (tertiary/aromatic N) is 1. The normalized spacial score (nSPS) is 27.7. The molecule has 7 aromatic rings. The lowest BCUT2D eigenvalue weighted by molar-refractivity contribution is -0.407.